The maximum absolute atomic E-state index is 12.4. The molecule has 0 saturated heterocycles. The molecule has 0 atom stereocenters. The molecule has 0 amide bonds. The van der Waals surface area contributed by atoms with E-state index in [0.717, 1.165) is 5.56 Å². The molecular weight excluding hydrogens is 320 g/mol. The molecule has 0 spiro atoms. The Morgan fingerprint density at radius 2 is 1.88 bits per heavy atom. The summed E-state index contributed by atoms with van der Waals surface area (Å²) in [7, 11) is 0. The van der Waals surface area contributed by atoms with Crippen LogP contribution in [0, 0.1) is 17.0 Å². The standard InChI is InChI=1S/C17H13F2NO4/c1-11-2-9-16(24-17(18)19)14(10-11)15(21)8-5-12-3-6-13(7-4-12)20(22)23/h2-10,17H,1H3/b8-5+. The maximum Gasteiger partial charge on any atom is 0.387 e. The van der Waals surface area contributed by atoms with Gasteiger partial charge >= 0.3 is 6.61 Å². The fraction of sp³-hybridized carbons (Fsp3) is 0.118. The SMILES string of the molecule is Cc1ccc(OC(F)F)c(C(=O)/C=C/c2ccc([N+](=O)[O-])cc2)c1. The molecule has 0 radical (unpaired) electrons. The highest BCUT2D eigenvalue weighted by atomic mass is 19.3. The first-order chi connectivity index (χ1) is 11.4. The number of halogens is 2. The van der Waals surface area contributed by atoms with Crippen molar-refractivity contribution in [3.63, 3.8) is 0 Å². The molecule has 0 aliphatic rings. The second-order valence-corrected chi connectivity index (χ2v) is 4.92. The van der Waals surface area contributed by atoms with E-state index in [1.807, 2.05) is 0 Å². The van der Waals surface area contributed by atoms with Crippen LogP contribution in [0.2, 0.25) is 0 Å². The number of hydrogen-bond acceptors (Lipinski definition) is 4. The lowest BCUT2D eigenvalue weighted by molar-refractivity contribution is -0.384. The molecule has 24 heavy (non-hydrogen) atoms. The Bertz CT molecular complexity index is 786. The monoisotopic (exact) mass is 333 g/mol. The molecule has 2 aromatic rings. The number of ketones is 1. The summed E-state index contributed by atoms with van der Waals surface area (Å²) in [6, 6.07) is 9.91. The molecule has 7 heteroatoms. The van der Waals surface area contributed by atoms with Crippen LogP contribution in [0.3, 0.4) is 0 Å². The molecule has 124 valence electrons. The van der Waals surface area contributed by atoms with Gasteiger partial charge in [0.05, 0.1) is 10.5 Å². The van der Waals surface area contributed by atoms with Gasteiger partial charge in [-0.2, -0.15) is 8.78 Å². The quantitative estimate of drug-likeness (QED) is 0.340. The maximum atomic E-state index is 12.4. The van der Waals surface area contributed by atoms with Crippen LogP contribution in [0.15, 0.2) is 48.5 Å². The number of allylic oxidation sites excluding steroid dienone is 1. The molecule has 0 bridgehead atoms. The molecule has 0 fully saturated rings. The van der Waals surface area contributed by atoms with E-state index >= 15 is 0 Å². The second-order valence-electron chi connectivity index (χ2n) is 4.92. The van der Waals surface area contributed by atoms with Crippen molar-refractivity contribution in [3.05, 3.63) is 75.3 Å². The number of nitrogens with zero attached hydrogens (tertiary/aromatic N) is 1. The van der Waals surface area contributed by atoms with E-state index in [1.54, 1.807) is 13.0 Å². The van der Waals surface area contributed by atoms with Crippen molar-refractivity contribution in [2.75, 3.05) is 0 Å². The summed E-state index contributed by atoms with van der Waals surface area (Å²) in [4.78, 5) is 22.3. The van der Waals surface area contributed by atoms with Crippen LogP contribution >= 0.6 is 0 Å². The Hall–Kier alpha value is -3.09. The van der Waals surface area contributed by atoms with Crippen molar-refractivity contribution in [2.45, 2.75) is 13.5 Å². The van der Waals surface area contributed by atoms with E-state index in [-0.39, 0.29) is 17.0 Å². The normalized spacial score (nSPS) is 11.0. The van der Waals surface area contributed by atoms with Crippen LogP contribution in [0.25, 0.3) is 6.08 Å². The number of ether oxygens (including phenoxy) is 1. The lowest BCUT2D eigenvalue weighted by Crippen LogP contribution is -2.07. The van der Waals surface area contributed by atoms with Gasteiger partial charge in [-0.25, -0.2) is 0 Å². The highest BCUT2D eigenvalue weighted by Crippen LogP contribution is 2.23. The fourth-order valence-corrected chi connectivity index (χ4v) is 2.00. The molecule has 2 rings (SSSR count). The van der Waals surface area contributed by atoms with E-state index < -0.39 is 17.3 Å². The van der Waals surface area contributed by atoms with Gasteiger partial charge in [0.2, 0.25) is 0 Å². The number of carbonyl (C=O) groups is 1. The lowest BCUT2D eigenvalue weighted by Gasteiger charge is -2.09. The van der Waals surface area contributed by atoms with Crippen molar-refractivity contribution in [2.24, 2.45) is 0 Å². The minimum absolute atomic E-state index is 0.0217. The number of rotatable bonds is 6. The summed E-state index contributed by atoms with van der Waals surface area (Å²) in [5.74, 6) is -0.707. The van der Waals surface area contributed by atoms with Crippen molar-refractivity contribution in [1.29, 1.82) is 0 Å². The molecular formula is C17H13F2NO4. The van der Waals surface area contributed by atoms with E-state index in [9.17, 15) is 23.7 Å². The summed E-state index contributed by atoms with van der Waals surface area (Å²) < 4.78 is 29.2. The largest absolute Gasteiger partial charge is 0.434 e. The molecule has 0 aliphatic carbocycles. The number of aryl methyl sites for hydroxylation is 1. The van der Waals surface area contributed by atoms with Crippen molar-refractivity contribution < 1.29 is 23.2 Å². The smallest absolute Gasteiger partial charge is 0.387 e. The van der Waals surface area contributed by atoms with Gasteiger partial charge in [0.15, 0.2) is 5.78 Å². The van der Waals surface area contributed by atoms with Crippen LogP contribution in [-0.4, -0.2) is 17.3 Å². The average molecular weight is 333 g/mol. The third-order valence-electron chi connectivity index (χ3n) is 3.15. The number of hydrogen-bond donors (Lipinski definition) is 0. The summed E-state index contributed by atoms with van der Waals surface area (Å²) in [5, 5.41) is 10.6. The number of carbonyl (C=O) groups excluding carboxylic acids is 1. The molecule has 0 heterocycles. The molecule has 0 saturated carbocycles. The first-order valence-electron chi connectivity index (χ1n) is 6.89. The van der Waals surface area contributed by atoms with E-state index in [0.29, 0.717) is 5.56 Å². The van der Waals surface area contributed by atoms with Crippen LogP contribution in [0.4, 0.5) is 14.5 Å². The van der Waals surface area contributed by atoms with Gasteiger partial charge in [-0.05, 0) is 42.8 Å². The summed E-state index contributed by atoms with van der Waals surface area (Å²) in [5.41, 5.74) is 1.25. The minimum atomic E-state index is -3.03. The second kappa shape index (κ2) is 7.45. The minimum Gasteiger partial charge on any atom is -0.434 e. The number of benzene rings is 2. The molecule has 0 aliphatic heterocycles. The van der Waals surface area contributed by atoms with Gasteiger partial charge in [-0.15, -0.1) is 0 Å². The fourth-order valence-electron chi connectivity index (χ4n) is 2.00. The molecule has 5 nitrogen and oxygen atoms in total. The van der Waals surface area contributed by atoms with Crippen molar-refractivity contribution in [3.8, 4) is 5.75 Å². The van der Waals surface area contributed by atoms with Crippen molar-refractivity contribution >= 4 is 17.5 Å². The zero-order valence-corrected chi connectivity index (χ0v) is 12.6. The van der Waals surface area contributed by atoms with E-state index in [2.05, 4.69) is 4.74 Å². The van der Waals surface area contributed by atoms with Crippen LogP contribution in [0.5, 0.6) is 5.75 Å². The predicted molar refractivity (Wildman–Crippen MR) is 84.3 cm³/mol. The van der Waals surface area contributed by atoms with Crippen LogP contribution in [-0.2, 0) is 0 Å². The number of non-ortho nitro benzene ring substituents is 1. The van der Waals surface area contributed by atoms with Gasteiger partial charge in [0.25, 0.3) is 5.69 Å². The first-order valence-corrected chi connectivity index (χ1v) is 6.89. The number of alkyl halides is 2. The van der Waals surface area contributed by atoms with Gasteiger partial charge in [0.1, 0.15) is 5.75 Å². The topological polar surface area (TPSA) is 69.4 Å². The van der Waals surface area contributed by atoms with Crippen LogP contribution in [0.1, 0.15) is 21.5 Å². The lowest BCUT2D eigenvalue weighted by atomic mass is 10.1. The van der Waals surface area contributed by atoms with Gasteiger partial charge in [0, 0.05) is 12.1 Å². The predicted octanol–water partition coefficient (Wildman–Crippen LogP) is 4.40. The van der Waals surface area contributed by atoms with Gasteiger partial charge in [-0.1, -0.05) is 17.7 Å². The van der Waals surface area contributed by atoms with Crippen LogP contribution < -0.4 is 4.74 Å². The third kappa shape index (κ3) is 4.45. The molecule has 0 unspecified atom stereocenters. The average Bonchev–Trinajstić information content (AvgIpc) is 2.54. The zero-order valence-electron chi connectivity index (χ0n) is 12.6. The summed E-state index contributed by atoms with van der Waals surface area (Å²) in [6.45, 7) is -1.30. The Kier molecular flexibility index (Phi) is 5.36. The number of nitro benzene ring substituents is 1. The van der Waals surface area contributed by atoms with Gasteiger partial charge in [-0.3, -0.25) is 14.9 Å². The highest BCUT2D eigenvalue weighted by Gasteiger charge is 2.14. The summed E-state index contributed by atoms with van der Waals surface area (Å²) in [6.07, 6.45) is 2.65. The van der Waals surface area contributed by atoms with Crippen molar-refractivity contribution in [1.82, 2.24) is 0 Å². The van der Waals surface area contributed by atoms with E-state index in [1.165, 1.54) is 48.6 Å². The molecule has 2 aromatic carbocycles. The Morgan fingerprint density at radius 3 is 2.46 bits per heavy atom. The Morgan fingerprint density at radius 1 is 1.21 bits per heavy atom. The summed E-state index contributed by atoms with van der Waals surface area (Å²) >= 11 is 0. The highest BCUT2D eigenvalue weighted by molar-refractivity contribution is 6.08. The van der Waals surface area contributed by atoms with Gasteiger partial charge < -0.3 is 4.74 Å². The Labute approximate surface area is 136 Å². The van der Waals surface area contributed by atoms with E-state index in [4.69, 9.17) is 0 Å². The zero-order chi connectivity index (χ0) is 17.7. The Balaban J connectivity index is 2.22. The molecule has 0 aromatic heterocycles. The first kappa shape index (κ1) is 17.3. The molecule has 0 N–H and O–H groups in total. The number of nitro groups is 1. The third-order valence-corrected chi connectivity index (χ3v) is 3.15.